The van der Waals surface area contributed by atoms with Crippen LogP contribution < -0.4 is 0 Å². The highest BCUT2D eigenvalue weighted by Gasteiger charge is 2.02. The molecule has 0 aliphatic carbocycles. The van der Waals surface area contributed by atoms with Gasteiger partial charge in [0.2, 0.25) is 0 Å². The van der Waals surface area contributed by atoms with Gasteiger partial charge in [-0.2, -0.15) is 0 Å². The summed E-state index contributed by atoms with van der Waals surface area (Å²) in [5.74, 6) is 0. The van der Waals surface area contributed by atoms with Gasteiger partial charge in [0, 0.05) is 0 Å². The van der Waals surface area contributed by atoms with Crippen molar-refractivity contribution in [2.75, 3.05) is 0 Å². The van der Waals surface area contributed by atoms with E-state index < -0.39 is 0 Å². The van der Waals surface area contributed by atoms with Crippen LogP contribution in [-0.4, -0.2) is 0 Å². The zero-order chi connectivity index (χ0) is 11.3. The third kappa shape index (κ3) is 2.95. The van der Waals surface area contributed by atoms with E-state index in [0.717, 1.165) is 5.57 Å². The van der Waals surface area contributed by atoms with Crippen LogP contribution in [-0.2, 0) is 0 Å². The zero-order valence-corrected chi connectivity index (χ0v) is 9.75. The summed E-state index contributed by atoms with van der Waals surface area (Å²) in [6.07, 6.45) is 6.15. The topological polar surface area (TPSA) is 0 Å². The molecule has 0 heteroatoms. The summed E-state index contributed by atoms with van der Waals surface area (Å²) in [7, 11) is 0. The van der Waals surface area contributed by atoms with Crippen molar-refractivity contribution < 1.29 is 0 Å². The van der Waals surface area contributed by atoms with Gasteiger partial charge in [-0.1, -0.05) is 49.1 Å². The molecule has 1 rings (SSSR count). The van der Waals surface area contributed by atoms with Gasteiger partial charge in [0.25, 0.3) is 0 Å². The molecule has 1 aromatic carbocycles. The van der Waals surface area contributed by atoms with Crippen LogP contribution in [0, 0.1) is 6.92 Å². The lowest BCUT2D eigenvalue weighted by atomic mass is 9.96. The summed E-state index contributed by atoms with van der Waals surface area (Å²) >= 11 is 0. The van der Waals surface area contributed by atoms with Gasteiger partial charge in [0.1, 0.15) is 0 Å². The Hall–Kier alpha value is -1.56. The fourth-order valence-electron chi connectivity index (χ4n) is 1.47. The third-order valence-electron chi connectivity index (χ3n) is 2.48. The molecule has 0 nitrogen and oxygen atoms in total. The molecule has 0 aliphatic rings. The van der Waals surface area contributed by atoms with Crippen LogP contribution in [0.4, 0.5) is 0 Å². The highest BCUT2D eigenvalue weighted by molar-refractivity contribution is 5.78. The van der Waals surface area contributed by atoms with Gasteiger partial charge < -0.3 is 0 Å². The second kappa shape index (κ2) is 5.35. The summed E-state index contributed by atoms with van der Waals surface area (Å²) in [5, 5.41) is 0. The molecule has 0 atom stereocenters. The molecule has 0 N–H and O–H groups in total. The van der Waals surface area contributed by atoms with Gasteiger partial charge in [-0.15, -0.1) is 0 Å². The van der Waals surface area contributed by atoms with Crippen molar-refractivity contribution in [2.24, 2.45) is 0 Å². The molecule has 0 saturated heterocycles. The average molecular weight is 198 g/mol. The lowest BCUT2D eigenvalue weighted by Gasteiger charge is -2.08. The number of hydrogen-bond acceptors (Lipinski definition) is 0. The Morgan fingerprint density at radius 2 is 1.93 bits per heavy atom. The zero-order valence-electron chi connectivity index (χ0n) is 9.75. The van der Waals surface area contributed by atoms with Crippen LogP contribution in [0.1, 0.15) is 25.0 Å². The Morgan fingerprint density at radius 3 is 2.53 bits per heavy atom. The quantitative estimate of drug-likeness (QED) is 0.626. The number of hydrogen-bond donors (Lipinski definition) is 0. The maximum Gasteiger partial charge on any atom is -0.0158 e. The van der Waals surface area contributed by atoms with Gasteiger partial charge in [0.05, 0.1) is 0 Å². The summed E-state index contributed by atoms with van der Waals surface area (Å²) in [6.45, 7) is 10.4. The van der Waals surface area contributed by atoms with E-state index in [2.05, 4.69) is 50.8 Å². The van der Waals surface area contributed by atoms with E-state index in [1.54, 1.807) is 0 Å². The van der Waals surface area contributed by atoms with E-state index in [9.17, 15) is 0 Å². The van der Waals surface area contributed by atoms with Gasteiger partial charge in [-0.3, -0.25) is 0 Å². The largest absolute Gasteiger partial charge is 0.0909 e. The molecule has 0 aromatic heterocycles. The number of benzene rings is 1. The SMILES string of the molecule is C=C(C(C)=CC=CC)c1ccccc1C. The summed E-state index contributed by atoms with van der Waals surface area (Å²) < 4.78 is 0. The van der Waals surface area contributed by atoms with E-state index in [0.29, 0.717) is 0 Å². The van der Waals surface area contributed by atoms with Crippen molar-refractivity contribution in [3.63, 3.8) is 0 Å². The minimum atomic E-state index is 1.10. The van der Waals surface area contributed by atoms with Crippen LogP contribution >= 0.6 is 0 Å². The van der Waals surface area contributed by atoms with Gasteiger partial charge >= 0.3 is 0 Å². The van der Waals surface area contributed by atoms with Crippen molar-refractivity contribution >= 4 is 5.57 Å². The molecule has 0 aliphatic heterocycles. The minimum absolute atomic E-state index is 1.10. The summed E-state index contributed by atoms with van der Waals surface area (Å²) in [4.78, 5) is 0. The van der Waals surface area contributed by atoms with Crippen LogP contribution in [0.25, 0.3) is 5.57 Å². The molecular formula is C15H18. The Morgan fingerprint density at radius 1 is 1.27 bits per heavy atom. The predicted octanol–water partition coefficient (Wildman–Crippen LogP) is 4.53. The van der Waals surface area contributed by atoms with Crippen molar-refractivity contribution in [1.82, 2.24) is 0 Å². The fourth-order valence-corrected chi connectivity index (χ4v) is 1.47. The maximum absolute atomic E-state index is 4.14. The maximum atomic E-state index is 4.14. The first kappa shape index (κ1) is 11.5. The standard InChI is InChI=1S/C15H18/c1-5-6-9-12(2)14(4)15-11-8-7-10-13(15)3/h5-11H,4H2,1-3H3. The molecule has 78 valence electrons. The van der Waals surface area contributed by atoms with Crippen molar-refractivity contribution in [3.8, 4) is 0 Å². The first-order chi connectivity index (χ1) is 7.16. The Bertz CT molecular complexity index is 406. The second-order valence-corrected chi connectivity index (χ2v) is 3.67. The Balaban J connectivity index is 3.00. The number of allylic oxidation sites excluding steroid dienone is 5. The van der Waals surface area contributed by atoms with E-state index in [1.807, 2.05) is 19.1 Å². The molecule has 0 heterocycles. The fraction of sp³-hybridized carbons (Fsp3) is 0.200. The molecule has 1 aromatic rings. The first-order valence-electron chi connectivity index (χ1n) is 5.21. The number of rotatable bonds is 3. The van der Waals surface area contributed by atoms with Gasteiger partial charge in [-0.05, 0) is 43.0 Å². The molecule has 0 amide bonds. The first-order valence-corrected chi connectivity index (χ1v) is 5.21. The highest BCUT2D eigenvalue weighted by Crippen LogP contribution is 2.23. The van der Waals surface area contributed by atoms with Crippen LogP contribution in [0.3, 0.4) is 0 Å². The van der Waals surface area contributed by atoms with Gasteiger partial charge in [0.15, 0.2) is 0 Å². The van der Waals surface area contributed by atoms with Crippen LogP contribution in [0.5, 0.6) is 0 Å². The lowest BCUT2D eigenvalue weighted by molar-refractivity contribution is 1.40. The Kier molecular flexibility index (Phi) is 4.11. The van der Waals surface area contributed by atoms with Crippen molar-refractivity contribution in [2.45, 2.75) is 20.8 Å². The molecule has 0 radical (unpaired) electrons. The van der Waals surface area contributed by atoms with Crippen LogP contribution in [0.15, 0.2) is 54.6 Å². The summed E-state index contributed by atoms with van der Waals surface area (Å²) in [6, 6.07) is 8.33. The molecule has 0 spiro atoms. The minimum Gasteiger partial charge on any atom is -0.0909 e. The van der Waals surface area contributed by atoms with E-state index in [4.69, 9.17) is 0 Å². The third-order valence-corrected chi connectivity index (χ3v) is 2.48. The van der Waals surface area contributed by atoms with Crippen LogP contribution in [0.2, 0.25) is 0 Å². The molecule has 0 fully saturated rings. The summed E-state index contributed by atoms with van der Waals surface area (Å²) in [5.41, 5.74) is 4.82. The monoisotopic (exact) mass is 198 g/mol. The number of aryl methyl sites for hydroxylation is 1. The normalized spacial score (nSPS) is 12.1. The predicted molar refractivity (Wildman–Crippen MR) is 68.8 cm³/mol. The van der Waals surface area contributed by atoms with E-state index in [1.165, 1.54) is 16.7 Å². The highest BCUT2D eigenvalue weighted by atomic mass is 14.1. The molecular weight excluding hydrogens is 180 g/mol. The van der Waals surface area contributed by atoms with Crippen molar-refractivity contribution in [3.05, 3.63) is 65.8 Å². The Labute approximate surface area is 92.6 Å². The van der Waals surface area contributed by atoms with E-state index in [-0.39, 0.29) is 0 Å². The molecule has 15 heavy (non-hydrogen) atoms. The smallest absolute Gasteiger partial charge is 0.0158 e. The molecule has 0 bridgehead atoms. The van der Waals surface area contributed by atoms with Crippen molar-refractivity contribution in [1.29, 1.82) is 0 Å². The molecule has 0 unspecified atom stereocenters. The second-order valence-electron chi connectivity index (χ2n) is 3.67. The average Bonchev–Trinajstić information content (AvgIpc) is 2.25. The van der Waals surface area contributed by atoms with Gasteiger partial charge in [-0.25, -0.2) is 0 Å². The van der Waals surface area contributed by atoms with E-state index >= 15 is 0 Å². The lowest BCUT2D eigenvalue weighted by Crippen LogP contribution is -1.88. The molecule has 0 saturated carbocycles.